The number of aromatic hydroxyl groups is 1. The molecule has 2 N–H and O–H groups in total. The van der Waals surface area contributed by atoms with Crippen LogP contribution in [0, 0.1) is 0 Å². The summed E-state index contributed by atoms with van der Waals surface area (Å²) >= 11 is 12.2. The van der Waals surface area contributed by atoms with E-state index in [2.05, 4.69) is 42.4 Å². The van der Waals surface area contributed by atoms with E-state index >= 15 is 0 Å². The highest BCUT2D eigenvalue weighted by Crippen LogP contribution is 2.32. The van der Waals surface area contributed by atoms with Crippen LogP contribution in [-0.4, -0.2) is 17.2 Å². The predicted octanol–water partition coefficient (Wildman–Crippen LogP) is 4.33. The number of carbonyl (C=O) groups is 1. The third-order valence-electron chi connectivity index (χ3n) is 2.53. The van der Waals surface area contributed by atoms with E-state index < -0.39 is 0 Å². The summed E-state index contributed by atoms with van der Waals surface area (Å²) in [6.45, 7) is 0. The number of rotatable bonds is 3. The number of hydrazone groups is 1. The maximum atomic E-state index is 11.8. The van der Waals surface area contributed by atoms with Gasteiger partial charge in [-0.3, -0.25) is 4.79 Å². The van der Waals surface area contributed by atoms with Crippen molar-refractivity contribution in [1.29, 1.82) is 0 Å². The molecule has 1 amide bonds. The van der Waals surface area contributed by atoms with Crippen LogP contribution in [0.4, 0.5) is 0 Å². The first kappa shape index (κ1) is 16.0. The van der Waals surface area contributed by atoms with Crippen molar-refractivity contribution in [1.82, 2.24) is 5.43 Å². The maximum absolute atomic E-state index is 11.8. The molecule has 7 heteroatoms. The lowest BCUT2D eigenvalue weighted by Gasteiger charge is -2.02. The third kappa shape index (κ3) is 4.30. The number of hydrogen-bond donors (Lipinski definition) is 2. The van der Waals surface area contributed by atoms with Gasteiger partial charge in [0.05, 0.1) is 15.2 Å². The molecule has 21 heavy (non-hydrogen) atoms. The summed E-state index contributed by atoms with van der Waals surface area (Å²) in [5.74, 6) is -0.225. The van der Waals surface area contributed by atoms with Crippen molar-refractivity contribution in [3.05, 3.63) is 61.5 Å². The van der Waals surface area contributed by atoms with E-state index in [-0.39, 0.29) is 11.7 Å². The van der Waals surface area contributed by atoms with Gasteiger partial charge in [-0.2, -0.15) is 5.10 Å². The summed E-state index contributed by atoms with van der Waals surface area (Å²) in [6, 6.07) is 9.85. The second kappa shape index (κ2) is 7.06. The van der Waals surface area contributed by atoms with Gasteiger partial charge in [0.25, 0.3) is 5.91 Å². The van der Waals surface area contributed by atoms with Crippen LogP contribution in [0.1, 0.15) is 15.9 Å². The Kier molecular flexibility index (Phi) is 5.39. The van der Waals surface area contributed by atoms with Crippen LogP contribution in [-0.2, 0) is 0 Å². The van der Waals surface area contributed by atoms with Gasteiger partial charge in [0, 0.05) is 10.6 Å². The zero-order valence-corrected chi connectivity index (χ0v) is 14.4. The number of nitrogens with zero attached hydrogens (tertiary/aromatic N) is 1. The van der Waals surface area contributed by atoms with Crippen molar-refractivity contribution in [2.24, 2.45) is 5.10 Å². The predicted molar refractivity (Wildman–Crippen MR) is 90.0 cm³/mol. The number of hydrogen-bond acceptors (Lipinski definition) is 3. The van der Waals surface area contributed by atoms with Crippen molar-refractivity contribution >= 4 is 55.6 Å². The molecule has 0 aliphatic carbocycles. The largest absolute Gasteiger partial charge is 0.506 e. The van der Waals surface area contributed by atoms with Crippen LogP contribution >= 0.6 is 43.5 Å². The summed E-state index contributed by atoms with van der Waals surface area (Å²) in [4.78, 5) is 11.8. The Hall–Kier alpha value is -1.37. The SMILES string of the molecule is O=C(N/N=C\c1cc(Br)c(O)c(Br)c1)c1ccc(Cl)cc1. The van der Waals surface area contributed by atoms with Gasteiger partial charge in [0.1, 0.15) is 5.75 Å². The molecule has 0 bridgehead atoms. The van der Waals surface area contributed by atoms with E-state index in [1.165, 1.54) is 6.21 Å². The van der Waals surface area contributed by atoms with Crippen molar-refractivity contribution in [2.75, 3.05) is 0 Å². The molecule has 4 nitrogen and oxygen atoms in total. The monoisotopic (exact) mass is 430 g/mol. The van der Waals surface area contributed by atoms with Crippen LogP contribution in [0.3, 0.4) is 0 Å². The quantitative estimate of drug-likeness (QED) is 0.560. The molecule has 0 aliphatic heterocycles. The normalized spacial score (nSPS) is 10.8. The molecular weight excluding hydrogens is 423 g/mol. The molecule has 0 saturated heterocycles. The molecule has 2 aromatic rings. The fourth-order valence-electron chi connectivity index (χ4n) is 1.49. The van der Waals surface area contributed by atoms with E-state index in [4.69, 9.17) is 11.6 Å². The Morgan fingerprint density at radius 3 is 2.33 bits per heavy atom. The lowest BCUT2D eigenvalue weighted by atomic mass is 10.2. The second-order valence-electron chi connectivity index (χ2n) is 4.04. The molecule has 0 heterocycles. The van der Waals surface area contributed by atoms with Crippen LogP contribution in [0.5, 0.6) is 5.75 Å². The summed E-state index contributed by atoms with van der Waals surface area (Å²) in [7, 11) is 0. The van der Waals surface area contributed by atoms with Crippen molar-refractivity contribution < 1.29 is 9.90 Å². The standard InChI is InChI=1S/C14H9Br2ClN2O2/c15-11-5-8(6-12(16)13(11)20)7-18-19-14(21)9-1-3-10(17)4-2-9/h1-7,20H,(H,19,21)/b18-7-. The lowest BCUT2D eigenvalue weighted by Crippen LogP contribution is -2.17. The van der Waals surface area contributed by atoms with Gasteiger partial charge in [-0.05, 0) is 73.8 Å². The molecule has 0 radical (unpaired) electrons. The number of phenols is 1. The van der Waals surface area contributed by atoms with Crippen LogP contribution in [0.2, 0.25) is 5.02 Å². The highest BCUT2D eigenvalue weighted by molar-refractivity contribution is 9.11. The van der Waals surface area contributed by atoms with Gasteiger partial charge < -0.3 is 5.11 Å². The summed E-state index contributed by atoms with van der Waals surface area (Å²) in [5, 5.41) is 14.0. The first-order valence-corrected chi connectivity index (χ1v) is 7.71. The molecule has 0 unspecified atom stereocenters. The number of nitrogens with one attached hydrogen (secondary N) is 1. The Labute approximate surface area is 143 Å². The molecule has 0 aliphatic rings. The summed E-state index contributed by atoms with van der Waals surface area (Å²) in [6.07, 6.45) is 1.47. The van der Waals surface area contributed by atoms with Crippen LogP contribution in [0.15, 0.2) is 50.4 Å². The van der Waals surface area contributed by atoms with Gasteiger partial charge in [-0.25, -0.2) is 5.43 Å². The topological polar surface area (TPSA) is 61.7 Å². The first-order valence-electron chi connectivity index (χ1n) is 5.74. The minimum atomic E-state index is -0.333. The average Bonchev–Trinajstić information content (AvgIpc) is 2.45. The molecule has 0 aromatic heterocycles. The fraction of sp³-hybridized carbons (Fsp3) is 0. The van der Waals surface area contributed by atoms with E-state index in [1.807, 2.05) is 0 Å². The molecule has 0 atom stereocenters. The Morgan fingerprint density at radius 1 is 1.19 bits per heavy atom. The maximum Gasteiger partial charge on any atom is 0.271 e. The average molecular weight is 432 g/mol. The smallest absolute Gasteiger partial charge is 0.271 e. The lowest BCUT2D eigenvalue weighted by molar-refractivity contribution is 0.0955. The number of halogens is 3. The second-order valence-corrected chi connectivity index (χ2v) is 6.18. The molecule has 0 spiro atoms. The van der Waals surface area contributed by atoms with E-state index in [9.17, 15) is 9.90 Å². The minimum absolute atomic E-state index is 0.109. The molecular formula is C14H9Br2ClN2O2. The van der Waals surface area contributed by atoms with Crippen LogP contribution < -0.4 is 5.43 Å². The van der Waals surface area contributed by atoms with Crippen molar-refractivity contribution in [3.8, 4) is 5.75 Å². The van der Waals surface area contributed by atoms with Gasteiger partial charge in [0.15, 0.2) is 0 Å². The summed E-state index contributed by atoms with van der Waals surface area (Å²) < 4.78 is 1.06. The number of benzene rings is 2. The van der Waals surface area contributed by atoms with Gasteiger partial charge in [-0.15, -0.1) is 0 Å². The molecule has 2 aromatic carbocycles. The zero-order valence-electron chi connectivity index (χ0n) is 10.5. The molecule has 2 rings (SSSR count). The van der Waals surface area contributed by atoms with E-state index in [0.717, 1.165) is 0 Å². The highest BCUT2D eigenvalue weighted by Gasteiger charge is 2.05. The third-order valence-corrected chi connectivity index (χ3v) is 3.99. The number of phenolic OH excluding ortho intramolecular Hbond substituents is 1. The fourth-order valence-corrected chi connectivity index (χ4v) is 2.84. The first-order chi connectivity index (χ1) is 9.97. The van der Waals surface area contributed by atoms with Gasteiger partial charge in [0.2, 0.25) is 0 Å². The van der Waals surface area contributed by atoms with E-state index in [1.54, 1.807) is 36.4 Å². The van der Waals surface area contributed by atoms with Crippen molar-refractivity contribution in [2.45, 2.75) is 0 Å². The van der Waals surface area contributed by atoms with Crippen molar-refractivity contribution in [3.63, 3.8) is 0 Å². The number of carbonyl (C=O) groups excluding carboxylic acids is 1. The molecule has 0 saturated carbocycles. The van der Waals surface area contributed by atoms with Gasteiger partial charge >= 0.3 is 0 Å². The minimum Gasteiger partial charge on any atom is -0.506 e. The molecule has 0 fully saturated rings. The molecule has 108 valence electrons. The van der Waals surface area contributed by atoms with Gasteiger partial charge in [-0.1, -0.05) is 11.6 Å². The Morgan fingerprint density at radius 2 is 1.76 bits per heavy atom. The Balaban J connectivity index is 2.05. The Bertz CT molecular complexity index is 680. The highest BCUT2D eigenvalue weighted by atomic mass is 79.9. The van der Waals surface area contributed by atoms with E-state index in [0.29, 0.717) is 25.1 Å². The van der Waals surface area contributed by atoms with Crippen LogP contribution in [0.25, 0.3) is 0 Å². The zero-order chi connectivity index (χ0) is 15.4. The summed E-state index contributed by atoms with van der Waals surface area (Å²) in [5.41, 5.74) is 3.59. The number of amides is 1.